The number of rotatable bonds is 3. The lowest BCUT2D eigenvalue weighted by molar-refractivity contribution is -0.115. The van der Waals surface area contributed by atoms with Crippen molar-refractivity contribution in [2.24, 2.45) is 0 Å². The third-order valence-corrected chi connectivity index (χ3v) is 2.78. The molecule has 1 amide bonds. The number of carbonyl (C=O) groups excluding carboxylic acids is 1. The highest BCUT2D eigenvalue weighted by molar-refractivity contribution is 6.31. The average molecular weight is 250 g/mol. The van der Waals surface area contributed by atoms with Crippen molar-refractivity contribution in [3.05, 3.63) is 52.9 Å². The molecule has 1 heterocycles. The van der Waals surface area contributed by atoms with Crippen molar-refractivity contribution in [3.8, 4) is 0 Å². The van der Waals surface area contributed by atoms with Crippen molar-refractivity contribution >= 4 is 23.2 Å². The van der Waals surface area contributed by atoms with E-state index in [0.29, 0.717) is 16.5 Å². The minimum Gasteiger partial charge on any atom is -0.469 e. The smallest absolute Gasteiger partial charge is 0.231 e. The molecule has 1 aromatic heterocycles. The second-order valence-electron chi connectivity index (χ2n) is 3.77. The normalized spacial score (nSPS) is 10.2. The molecule has 0 fully saturated rings. The van der Waals surface area contributed by atoms with Crippen LogP contribution in [0.3, 0.4) is 0 Å². The minimum absolute atomic E-state index is 0.125. The third kappa shape index (κ3) is 3.11. The molecule has 1 N–H and O–H groups in total. The van der Waals surface area contributed by atoms with Crippen LogP contribution in [0.2, 0.25) is 5.02 Å². The Hall–Kier alpha value is -1.74. The van der Waals surface area contributed by atoms with E-state index >= 15 is 0 Å². The molecule has 0 atom stereocenters. The van der Waals surface area contributed by atoms with Crippen molar-refractivity contribution in [3.63, 3.8) is 0 Å². The predicted octanol–water partition coefficient (Wildman–Crippen LogP) is 3.42. The van der Waals surface area contributed by atoms with Gasteiger partial charge in [0.2, 0.25) is 5.91 Å². The summed E-state index contributed by atoms with van der Waals surface area (Å²) in [4.78, 5) is 11.7. The Morgan fingerprint density at radius 2 is 2.24 bits per heavy atom. The Bertz CT molecular complexity index is 520. The summed E-state index contributed by atoms with van der Waals surface area (Å²) in [6, 6.07) is 8.94. The number of aryl methyl sites for hydroxylation is 1. The maximum Gasteiger partial charge on any atom is 0.231 e. The molecule has 17 heavy (non-hydrogen) atoms. The Balaban J connectivity index is 2.00. The van der Waals surface area contributed by atoms with Crippen LogP contribution >= 0.6 is 11.6 Å². The fourth-order valence-electron chi connectivity index (χ4n) is 1.45. The average Bonchev–Trinajstić information content (AvgIpc) is 2.76. The second-order valence-corrected chi connectivity index (χ2v) is 4.18. The summed E-state index contributed by atoms with van der Waals surface area (Å²) in [6.07, 6.45) is 1.77. The van der Waals surface area contributed by atoms with Gasteiger partial charge in [0, 0.05) is 10.7 Å². The van der Waals surface area contributed by atoms with Gasteiger partial charge in [0.1, 0.15) is 5.76 Å². The predicted molar refractivity (Wildman–Crippen MR) is 67.2 cm³/mol. The van der Waals surface area contributed by atoms with Crippen molar-refractivity contribution in [2.45, 2.75) is 13.3 Å². The molecule has 0 spiro atoms. The first-order valence-electron chi connectivity index (χ1n) is 5.23. The molecule has 4 heteroatoms. The number of anilines is 1. The zero-order valence-corrected chi connectivity index (χ0v) is 10.1. The first-order chi connectivity index (χ1) is 8.15. The van der Waals surface area contributed by atoms with Crippen molar-refractivity contribution < 1.29 is 9.21 Å². The molecule has 88 valence electrons. The molecule has 0 aliphatic heterocycles. The van der Waals surface area contributed by atoms with E-state index < -0.39 is 0 Å². The fourth-order valence-corrected chi connectivity index (χ4v) is 1.63. The molecule has 0 saturated heterocycles. The summed E-state index contributed by atoms with van der Waals surface area (Å²) < 4.78 is 5.10. The molecule has 0 bridgehead atoms. The molecule has 2 aromatic rings. The van der Waals surface area contributed by atoms with Gasteiger partial charge in [0.15, 0.2) is 0 Å². The van der Waals surface area contributed by atoms with E-state index in [0.717, 1.165) is 5.56 Å². The summed E-state index contributed by atoms with van der Waals surface area (Å²) in [5.41, 5.74) is 1.67. The topological polar surface area (TPSA) is 42.2 Å². The van der Waals surface area contributed by atoms with Gasteiger partial charge in [-0.2, -0.15) is 0 Å². The Labute approximate surface area is 104 Å². The number of halogens is 1. The molecule has 0 unspecified atom stereocenters. The van der Waals surface area contributed by atoms with Gasteiger partial charge in [-0.25, -0.2) is 0 Å². The number of carbonyl (C=O) groups is 1. The highest BCUT2D eigenvalue weighted by atomic mass is 35.5. The van der Waals surface area contributed by atoms with Gasteiger partial charge < -0.3 is 9.73 Å². The fraction of sp³-hybridized carbons (Fsp3) is 0.154. The Kier molecular flexibility index (Phi) is 3.49. The largest absolute Gasteiger partial charge is 0.469 e. The number of benzene rings is 1. The monoisotopic (exact) mass is 249 g/mol. The quantitative estimate of drug-likeness (QED) is 0.906. The highest BCUT2D eigenvalue weighted by Crippen LogP contribution is 2.20. The van der Waals surface area contributed by atoms with Crippen LogP contribution in [0.5, 0.6) is 0 Å². The maximum atomic E-state index is 11.7. The molecular formula is C13H12ClNO2. The van der Waals surface area contributed by atoms with E-state index in [1.165, 1.54) is 0 Å². The lowest BCUT2D eigenvalue weighted by atomic mass is 10.2. The van der Waals surface area contributed by atoms with Crippen LogP contribution in [0.15, 0.2) is 41.0 Å². The van der Waals surface area contributed by atoms with Gasteiger partial charge in [-0.15, -0.1) is 0 Å². The SMILES string of the molecule is Cc1ccc(NC(=O)Cc2ccco2)cc1Cl. The molecule has 2 rings (SSSR count). The van der Waals surface area contributed by atoms with E-state index in [1.54, 1.807) is 24.5 Å². The third-order valence-electron chi connectivity index (χ3n) is 2.37. The first-order valence-corrected chi connectivity index (χ1v) is 5.61. The number of hydrogen-bond acceptors (Lipinski definition) is 2. The Morgan fingerprint density at radius 3 is 2.88 bits per heavy atom. The van der Waals surface area contributed by atoms with E-state index in [4.69, 9.17) is 16.0 Å². The lowest BCUT2D eigenvalue weighted by Crippen LogP contribution is -2.13. The number of nitrogens with one attached hydrogen (secondary N) is 1. The number of amides is 1. The molecule has 3 nitrogen and oxygen atoms in total. The van der Waals surface area contributed by atoms with Crippen LogP contribution in [0.4, 0.5) is 5.69 Å². The van der Waals surface area contributed by atoms with Crippen molar-refractivity contribution in [1.82, 2.24) is 0 Å². The van der Waals surface area contributed by atoms with E-state index in [2.05, 4.69) is 5.32 Å². The lowest BCUT2D eigenvalue weighted by Gasteiger charge is -2.05. The van der Waals surface area contributed by atoms with E-state index in [1.807, 2.05) is 19.1 Å². The molecule has 1 aromatic carbocycles. The molecule has 0 saturated carbocycles. The van der Waals surface area contributed by atoms with E-state index in [-0.39, 0.29) is 12.3 Å². The van der Waals surface area contributed by atoms with Crippen LogP contribution < -0.4 is 5.32 Å². The minimum atomic E-state index is -0.125. The van der Waals surface area contributed by atoms with Gasteiger partial charge in [0.05, 0.1) is 12.7 Å². The number of furan rings is 1. The van der Waals surface area contributed by atoms with Crippen LogP contribution in [0.1, 0.15) is 11.3 Å². The van der Waals surface area contributed by atoms with Crippen LogP contribution in [0, 0.1) is 6.92 Å². The first kappa shape index (κ1) is 11.7. The Morgan fingerprint density at radius 1 is 1.41 bits per heavy atom. The molecule has 0 radical (unpaired) electrons. The standard InChI is InChI=1S/C13H12ClNO2/c1-9-4-5-10(7-12(9)14)15-13(16)8-11-3-2-6-17-11/h2-7H,8H2,1H3,(H,15,16). The van der Waals surface area contributed by atoms with Crippen LogP contribution in [-0.2, 0) is 11.2 Å². The van der Waals surface area contributed by atoms with Gasteiger partial charge in [-0.1, -0.05) is 17.7 Å². The van der Waals surface area contributed by atoms with Crippen LogP contribution in [-0.4, -0.2) is 5.91 Å². The van der Waals surface area contributed by atoms with Gasteiger partial charge >= 0.3 is 0 Å². The molecular weight excluding hydrogens is 238 g/mol. The summed E-state index contributed by atoms with van der Waals surface area (Å²) >= 11 is 5.97. The van der Waals surface area contributed by atoms with Gasteiger partial charge in [-0.3, -0.25) is 4.79 Å². The highest BCUT2D eigenvalue weighted by Gasteiger charge is 2.06. The maximum absolute atomic E-state index is 11.7. The zero-order valence-electron chi connectivity index (χ0n) is 9.37. The zero-order chi connectivity index (χ0) is 12.3. The summed E-state index contributed by atoms with van der Waals surface area (Å²) in [6.45, 7) is 1.91. The van der Waals surface area contributed by atoms with Crippen molar-refractivity contribution in [1.29, 1.82) is 0 Å². The summed E-state index contributed by atoms with van der Waals surface area (Å²) in [5.74, 6) is 0.514. The van der Waals surface area contributed by atoms with Crippen molar-refractivity contribution in [2.75, 3.05) is 5.32 Å². The summed E-state index contributed by atoms with van der Waals surface area (Å²) in [5, 5.41) is 3.40. The number of hydrogen-bond donors (Lipinski definition) is 1. The summed E-state index contributed by atoms with van der Waals surface area (Å²) in [7, 11) is 0. The molecule has 0 aliphatic carbocycles. The van der Waals surface area contributed by atoms with Crippen LogP contribution in [0.25, 0.3) is 0 Å². The molecule has 0 aliphatic rings. The van der Waals surface area contributed by atoms with Gasteiger partial charge in [-0.05, 0) is 36.8 Å². The second kappa shape index (κ2) is 5.06. The van der Waals surface area contributed by atoms with E-state index in [9.17, 15) is 4.79 Å². The van der Waals surface area contributed by atoms with Gasteiger partial charge in [0.25, 0.3) is 0 Å².